The highest BCUT2D eigenvalue weighted by molar-refractivity contribution is 7.16. The van der Waals surface area contributed by atoms with Crippen LogP contribution in [-0.4, -0.2) is 13.7 Å². The Morgan fingerprint density at radius 1 is 1.23 bits per heavy atom. The first-order valence-corrected chi connectivity index (χ1v) is 10.3. The number of rotatable bonds is 5. The van der Waals surface area contributed by atoms with Crippen molar-refractivity contribution in [2.24, 2.45) is 5.73 Å². The number of methoxy groups -OCH3 is 1. The van der Waals surface area contributed by atoms with Crippen LogP contribution < -0.4 is 24.7 Å². The number of nitrogens with zero attached hydrogens (tertiary/aromatic N) is 1. The summed E-state index contributed by atoms with van der Waals surface area (Å²) in [6, 6.07) is 15.0. The zero-order valence-corrected chi connectivity index (χ0v) is 17.4. The molecule has 1 aliphatic heterocycles. The van der Waals surface area contributed by atoms with Crippen molar-refractivity contribution in [3.05, 3.63) is 74.6 Å². The largest absolute Gasteiger partial charge is 0.493 e. The normalized spacial score (nSPS) is 15.3. The van der Waals surface area contributed by atoms with E-state index >= 15 is 0 Å². The summed E-state index contributed by atoms with van der Waals surface area (Å²) < 4.78 is 17.7. The second-order valence-electron chi connectivity index (χ2n) is 6.81. The number of allylic oxidation sites excluding steroid dienone is 1. The van der Waals surface area contributed by atoms with Crippen LogP contribution in [0, 0.1) is 11.3 Å². The Morgan fingerprint density at radius 2 is 2.03 bits per heavy atom. The number of hydrogen-bond donors (Lipinski definition) is 1. The summed E-state index contributed by atoms with van der Waals surface area (Å²) in [6.45, 7) is 2.58. The van der Waals surface area contributed by atoms with E-state index in [-0.39, 0.29) is 16.2 Å². The molecule has 0 amide bonds. The number of ether oxygens (including phenoxy) is 3. The summed E-state index contributed by atoms with van der Waals surface area (Å²) in [4.78, 5) is 13.1. The zero-order valence-electron chi connectivity index (χ0n) is 16.6. The molecule has 6 nitrogen and oxygen atoms in total. The van der Waals surface area contributed by atoms with Crippen molar-refractivity contribution in [3.8, 4) is 23.3 Å². The van der Waals surface area contributed by atoms with Gasteiger partial charge in [-0.15, -0.1) is 0 Å². The van der Waals surface area contributed by atoms with Crippen LogP contribution in [0.4, 0.5) is 0 Å². The van der Waals surface area contributed by atoms with Gasteiger partial charge < -0.3 is 19.9 Å². The summed E-state index contributed by atoms with van der Waals surface area (Å²) in [6.07, 6.45) is 0.865. The Balaban J connectivity index is 1.95. The van der Waals surface area contributed by atoms with E-state index in [0.29, 0.717) is 35.0 Å². The minimum atomic E-state index is -0.652. The Morgan fingerprint density at radius 3 is 2.77 bits per heavy atom. The lowest BCUT2D eigenvalue weighted by Gasteiger charge is -2.27. The highest BCUT2D eigenvalue weighted by atomic mass is 32.1. The van der Waals surface area contributed by atoms with E-state index in [1.807, 2.05) is 37.3 Å². The highest BCUT2D eigenvalue weighted by Gasteiger charge is 2.35. The summed E-state index contributed by atoms with van der Waals surface area (Å²) in [5, 5.41) is 10.6. The van der Waals surface area contributed by atoms with Gasteiger partial charge in [-0.3, -0.25) is 4.79 Å². The van der Waals surface area contributed by atoms with Crippen LogP contribution in [0.2, 0.25) is 0 Å². The maximum Gasteiger partial charge on any atom is 0.240 e. The third kappa shape index (κ3) is 3.25. The number of fused-ring (bicyclic) bond motifs is 3. The molecule has 1 aromatic heterocycles. The molecular weight excluding hydrogens is 400 g/mol. The molecule has 0 aliphatic carbocycles. The van der Waals surface area contributed by atoms with Crippen molar-refractivity contribution in [1.29, 1.82) is 5.26 Å². The molecule has 152 valence electrons. The second-order valence-corrected chi connectivity index (χ2v) is 7.83. The van der Waals surface area contributed by atoms with Gasteiger partial charge in [0, 0.05) is 10.1 Å². The molecule has 3 aromatic rings. The first-order chi connectivity index (χ1) is 14.6. The molecule has 2 N–H and O–H groups in total. The van der Waals surface area contributed by atoms with Gasteiger partial charge in [0.2, 0.25) is 10.6 Å². The molecule has 30 heavy (non-hydrogen) atoms. The lowest BCUT2D eigenvalue weighted by atomic mass is 9.84. The second kappa shape index (κ2) is 8.09. The predicted octanol–water partition coefficient (Wildman–Crippen LogP) is 4.28. The Bertz CT molecular complexity index is 1260. The van der Waals surface area contributed by atoms with Crippen molar-refractivity contribution in [2.75, 3.05) is 13.7 Å². The average Bonchev–Trinajstić information content (AvgIpc) is 2.76. The van der Waals surface area contributed by atoms with Crippen LogP contribution in [0.15, 0.2) is 58.7 Å². The van der Waals surface area contributed by atoms with E-state index in [0.717, 1.165) is 27.8 Å². The molecular formula is C23H20N2O4S. The number of hydrogen-bond acceptors (Lipinski definition) is 7. The average molecular weight is 420 g/mol. The third-order valence-electron chi connectivity index (χ3n) is 4.96. The molecule has 2 aromatic carbocycles. The molecule has 7 heteroatoms. The third-order valence-corrected chi connectivity index (χ3v) is 5.94. The van der Waals surface area contributed by atoms with Crippen molar-refractivity contribution in [3.63, 3.8) is 0 Å². The number of nitrogens with two attached hydrogens (primary N) is 1. The topological polar surface area (TPSA) is 94.6 Å². The lowest BCUT2D eigenvalue weighted by molar-refractivity contribution is 0.294. The summed E-state index contributed by atoms with van der Waals surface area (Å²) in [7, 11) is 1.56. The summed E-state index contributed by atoms with van der Waals surface area (Å²) >= 11 is 1.13. The summed E-state index contributed by atoms with van der Waals surface area (Å²) in [5.74, 6) is 0.889. The highest BCUT2D eigenvalue weighted by Crippen LogP contribution is 2.45. The monoisotopic (exact) mass is 420 g/mol. The quantitative estimate of drug-likeness (QED) is 0.662. The molecule has 0 saturated heterocycles. The van der Waals surface area contributed by atoms with Crippen LogP contribution in [0.1, 0.15) is 30.4 Å². The Labute approximate surface area is 177 Å². The molecule has 2 heterocycles. The van der Waals surface area contributed by atoms with Crippen molar-refractivity contribution >= 4 is 21.4 Å². The van der Waals surface area contributed by atoms with Crippen LogP contribution in [0.3, 0.4) is 0 Å². The first-order valence-electron chi connectivity index (χ1n) is 9.53. The fourth-order valence-corrected chi connectivity index (χ4v) is 4.53. The maximum atomic E-state index is 13.1. The smallest absolute Gasteiger partial charge is 0.240 e. The molecule has 4 rings (SSSR count). The molecule has 0 spiro atoms. The standard InChI is InChI=1S/C23H20N2O4S/c1-3-10-28-16-9-8-13(11-17(16)27-2)19-15(12-24)22(25)29-21-14-6-4-5-7-18(14)30-23(26)20(19)21/h4-9,11,19H,3,10,25H2,1-2H3/t19-/m1/s1. The Hall–Kier alpha value is -3.50. The van der Waals surface area contributed by atoms with Crippen LogP contribution in [0.25, 0.3) is 10.1 Å². The van der Waals surface area contributed by atoms with Crippen molar-refractivity contribution in [2.45, 2.75) is 19.3 Å². The van der Waals surface area contributed by atoms with Crippen molar-refractivity contribution in [1.82, 2.24) is 0 Å². The number of benzene rings is 2. The zero-order chi connectivity index (χ0) is 21.3. The molecule has 0 unspecified atom stereocenters. The predicted molar refractivity (Wildman–Crippen MR) is 116 cm³/mol. The van der Waals surface area contributed by atoms with E-state index in [1.54, 1.807) is 19.2 Å². The van der Waals surface area contributed by atoms with Crippen LogP contribution >= 0.6 is 11.3 Å². The van der Waals surface area contributed by atoms with Gasteiger partial charge in [0.25, 0.3) is 0 Å². The van der Waals surface area contributed by atoms with Gasteiger partial charge in [0.05, 0.1) is 25.2 Å². The van der Waals surface area contributed by atoms with Crippen molar-refractivity contribution < 1.29 is 14.2 Å². The Kier molecular flexibility index (Phi) is 5.34. The van der Waals surface area contributed by atoms with E-state index in [2.05, 4.69) is 6.07 Å². The van der Waals surface area contributed by atoms with Gasteiger partial charge in [-0.1, -0.05) is 36.5 Å². The molecule has 0 saturated carbocycles. The van der Waals surface area contributed by atoms with Gasteiger partial charge in [-0.05, 0) is 36.2 Å². The molecule has 1 aliphatic rings. The molecule has 0 fully saturated rings. The van der Waals surface area contributed by atoms with E-state index in [9.17, 15) is 10.1 Å². The van der Waals surface area contributed by atoms with Gasteiger partial charge >= 0.3 is 0 Å². The minimum absolute atomic E-state index is 0.000953. The maximum absolute atomic E-state index is 13.1. The van der Waals surface area contributed by atoms with E-state index < -0.39 is 5.92 Å². The van der Waals surface area contributed by atoms with Gasteiger partial charge in [0.1, 0.15) is 17.4 Å². The van der Waals surface area contributed by atoms with E-state index in [4.69, 9.17) is 19.9 Å². The van der Waals surface area contributed by atoms with Gasteiger partial charge in [-0.2, -0.15) is 5.26 Å². The minimum Gasteiger partial charge on any atom is -0.493 e. The van der Waals surface area contributed by atoms with Crippen LogP contribution in [-0.2, 0) is 0 Å². The lowest BCUT2D eigenvalue weighted by Crippen LogP contribution is -2.25. The van der Waals surface area contributed by atoms with Gasteiger partial charge in [0.15, 0.2) is 11.5 Å². The number of nitriles is 1. The fourth-order valence-electron chi connectivity index (χ4n) is 3.59. The molecule has 0 bridgehead atoms. The fraction of sp³-hybridized carbons (Fsp3) is 0.217. The summed E-state index contributed by atoms with van der Waals surface area (Å²) in [5.41, 5.74) is 7.44. The van der Waals surface area contributed by atoms with Crippen LogP contribution in [0.5, 0.6) is 17.2 Å². The first kappa shape index (κ1) is 19.8. The SMILES string of the molecule is CCCOc1ccc([C@@H]2C(C#N)=C(N)Oc3c2c(=O)sc2ccccc32)cc1OC. The molecule has 1 atom stereocenters. The molecule has 0 radical (unpaired) electrons. The van der Waals surface area contributed by atoms with Gasteiger partial charge in [-0.25, -0.2) is 0 Å². The van der Waals surface area contributed by atoms with E-state index in [1.165, 1.54) is 0 Å².